The largest absolute Gasteiger partial charge is 0.472 e. The highest BCUT2D eigenvalue weighted by Gasteiger charge is 2.17. The molecule has 0 radical (unpaired) electrons. The lowest BCUT2D eigenvalue weighted by molar-refractivity contribution is 0.187. The van der Waals surface area contributed by atoms with E-state index in [0.717, 1.165) is 4.47 Å². The summed E-state index contributed by atoms with van der Waals surface area (Å²) in [6, 6.07) is 3.40. The maximum Gasteiger partial charge on any atom is 0.183 e. The summed E-state index contributed by atoms with van der Waals surface area (Å²) in [5, 5.41) is 9.82. The van der Waals surface area contributed by atoms with Gasteiger partial charge in [0.15, 0.2) is 4.67 Å². The fourth-order valence-corrected chi connectivity index (χ4v) is 1.70. The van der Waals surface area contributed by atoms with E-state index in [9.17, 15) is 5.11 Å². The summed E-state index contributed by atoms with van der Waals surface area (Å²) in [6.07, 6.45) is 2.19. The van der Waals surface area contributed by atoms with E-state index in [1.54, 1.807) is 12.1 Å². The minimum Gasteiger partial charge on any atom is -0.472 e. The summed E-state index contributed by atoms with van der Waals surface area (Å²) in [4.78, 5) is 0. The first-order chi connectivity index (χ1) is 6.68. The van der Waals surface area contributed by atoms with Gasteiger partial charge < -0.3 is 13.9 Å². The average molecular weight is 322 g/mol. The first kappa shape index (κ1) is 10.0. The van der Waals surface area contributed by atoms with Crippen molar-refractivity contribution in [1.29, 1.82) is 0 Å². The summed E-state index contributed by atoms with van der Waals surface area (Å²) in [5.74, 6) is 0.463. The SMILES string of the molecule is OC(c1ccoc1)c1cc(Br)c(Br)o1. The van der Waals surface area contributed by atoms with Crippen LogP contribution in [0.2, 0.25) is 0 Å². The number of hydrogen-bond donors (Lipinski definition) is 1. The van der Waals surface area contributed by atoms with Crippen LogP contribution in [0.4, 0.5) is 0 Å². The molecule has 0 amide bonds. The molecule has 5 heteroatoms. The first-order valence-corrected chi connectivity index (χ1v) is 5.42. The second-order valence-corrected chi connectivity index (χ2v) is 4.30. The van der Waals surface area contributed by atoms with Gasteiger partial charge in [0.05, 0.1) is 17.0 Å². The highest BCUT2D eigenvalue weighted by Crippen LogP contribution is 2.32. The van der Waals surface area contributed by atoms with Crippen molar-refractivity contribution in [3.05, 3.63) is 45.1 Å². The van der Waals surface area contributed by atoms with Gasteiger partial charge in [0.25, 0.3) is 0 Å². The normalized spacial score (nSPS) is 13.1. The van der Waals surface area contributed by atoms with Crippen LogP contribution in [0.3, 0.4) is 0 Å². The van der Waals surface area contributed by atoms with E-state index in [-0.39, 0.29) is 0 Å². The predicted octanol–water partition coefficient (Wildman–Crippen LogP) is 3.48. The molecule has 1 unspecified atom stereocenters. The molecule has 0 saturated carbocycles. The fourth-order valence-electron chi connectivity index (χ4n) is 1.09. The molecule has 0 aromatic carbocycles. The number of aliphatic hydroxyl groups is 1. The van der Waals surface area contributed by atoms with Crippen LogP contribution in [0.5, 0.6) is 0 Å². The van der Waals surface area contributed by atoms with Crippen LogP contribution in [0.1, 0.15) is 17.4 Å². The molecule has 14 heavy (non-hydrogen) atoms. The molecule has 2 rings (SSSR count). The Hall–Kier alpha value is -0.520. The van der Waals surface area contributed by atoms with E-state index in [1.807, 2.05) is 0 Å². The highest BCUT2D eigenvalue weighted by molar-refractivity contribution is 9.13. The molecular formula is C9H6Br2O3. The number of rotatable bonds is 2. The Morgan fingerprint density at radius 2 is 2.14 bits per heavy atom. The minimum atomic E-state index is -0.795. The number of halogens is 2. The van der Waals surface area contributed by atoms with Crippen LogP contribution in [-0.2, 0) is 0 Å². The molecule has 0 fully saturated rings. The molecule has 0 saturated heterocycles. The maximum absolute atomic E-state index is 9.82. The molecule has 1 N–H and O–H groups in total. The Bertz CT molecular complexity index is 400. The summed E-state index contributed by atoms with van der Waals surface area (Å²) < 4.78 is 11.5. The number of hydrogen-bond acceptors (Lipinski definition) is 3. The van der Waals surface area contributed by atoms with Crippen LogP contribution in [0.15, 0.2) is 42.6 Å². The minimum absolute atomic E-state index is 0.463. The standard InChI is InChI=1S/C9H6Br2O3/c10-6-3-7(14-9(6)11)8(12)5-1-2-13-4-5/h1-4,8,12H. The lowest BCUT2D eigenvalue weighted by Gasteiger charge is -2.02. The monoisotopic (exact) mass is 320 g/mol. The fraction of sp³-hybridized carbons (Fsp3) is 0.111. The number of furan rings is 2. The zero-order valence-corrected chi connectivity index (χ0v) is 10.1. The Morgan fingerprint density at radius 1 is 1.36 bits per heavy atom. The van der Waals surface area contributed by atoms with Gasteiger partial charge in [-0.25, -0.2) is 0 Å². The zero-order valence-electron chi connectivity index (χ0n) is 6.91. The van der Waals surface area contributed by atoms with Crippen molar-refractivity contribution in [3.63, 3.8) is 0 Å². The maximum atomic E-state index is 9.82. The second kappa shape index (κ2) is 3.92. The quantitative estimate of drug-likeness (QED) is 0.921. The molecule has 0 bridgehead atoms. The van der Waals surface area contributed by atoms with E-state index in [4.69, 9.17) is 8.83 Å². The van der Waals surface area contributed by atoms with Crippen molar-refractivity contribution in [2.45, 2.75) is 6.10 Å². The van der Waals surface area contributed by atoms with Gasteiger partial charge in [0.2, 0.25) is 0 Å². The molecule has 0 aliphatic carbocycles. The lowest BCUT2D eigenvalue weighted by atomic mass is 10.1. The zero-order chi connectivity index (χ0) is 10.1. The third-order valence-corrected chi connectivity index (χ3v) is 3.50. The van der Waals surface area contributed by atoms with Crippen molar-refractivity contribution >= 4 is 31.9 Å². The lowest BCUT2D eigenvalue weighted by Crippen LogP contribution is -1.95. The second-order valence-electron chi connectivity index (χ2n) is 2.73. The van der Waals surface area contributed by atoms with Crippen molar-refractivity contribution in [1.82, 2.24) is 0 Å². The molecule has 1 atom stereocenters. The molecule has 0 aliphatic heterocycles. The van der Waals surface area contributed by atoms with Crippen LogP contribution in [-0.4, -0.2) is 5.11 Å². The summed E-state index contributed by atoms with van der Waals surface area (Å²) in [7, 11) is 0. The molecule has 0 spiro atoms. The van der Waals surface area contributed by atoms with Crippen molar-refractivity contribution in [2.24, 2.45) is 0 Å². The van der Waals surface area contributed by atoms with Gasteiger partial charge in [-0.05, 0) is 44.0 Å². The molecule has 2 heterocycles. The summed E-state index contributed by atoms with van der Waals surface area (Å²) in [5.41, 5.74) is 0.666. The van der Waals surface area contributed by atoms with Gasteiger partial charge >= 0.3 is 0 Å². The Kier molecular flexibility index (Phi) is 2.80. The van der Waals surface area contributed by atoms with Gasteiger partial charge in [-0.1, -0.05) is 0 Å². The van der Waals surface area contributed by atoms with E-state index in [2.05, 4.69) is 31.9 Å². The first-order valence-electron chi connectivity index (χ1n) is 3.83. The molecule has 2 aromatic rings. The van der Waals surface area contributed by atoms with Crippen LogP contribution >= 0.6 is 31.9 Å². The Balaban J connectivity index is 2.32. The topological polar surface area (TPSA) is 46.5 Å². The molecule has 74 valence electrons. The van der Waals surface area contributed by atoms with Gasteiger partial charge in [0, 0.05) is 5.56 Å². The Morgan fingerprint density at radius 3 is 2.64 bits per heavy atom. The molecular weight excluding hydrogens is 316 g/mol. The van der Waals surface area contributed by atoms with E-state index < -0.39 is 6.10 Å². The van der Waals surface area contributed by atoms with Crippen molar-refractivity contribution in [2.75, 3.05) is 0 Å². The van der Waals surface area contributed by atoms with Crippen LogP contribution in [0.25, 0.3) is 0 Å². The van der Waals surface area contributed by atoms with Gasteiger partial charge in [-0.3, -0.25) is 0 Å². The van der Waals surface area contributed by atoms with Gasteiger partial charge in [-0.15, -0.1) is 0 Å². The van der Waals surface area contributed by atoms with Crippen LogP contribution in [0, 0.1) is 0 Å². The van der Waals surface area contributed by atoms with Crippen molar-refractivity contribution < 1.29 is 13.9 Å². The third kappa shape index (κ3) is 1.80. The average Bonchev–Trinajstić information content (AvgIpc) is 2.76. The molecule has 3 nitrogen and oxygen atoms in total. The Labute approximate surface area is 97.0 Å². The smallest absolute Gasteiger partial charge is 0.183 e. The van der Waals surface area contributed by atoms with Crippen LogP contribution < -0.4 is 0 Å². The van der Waals surface area contributed by atoms with Gasteiger partial charge in [0.1, 0.15) is 11.9 Å². The van der Waals surface area contributed by atoms with E-state index in [0.29, 0.717) is 16.0 Å². The van der Waals surface area contributed by atoms with Crippen molar-refractivity contribution in [3.8, 4) is 0 Å². The van der Waals surface area contributed by atoms with Gasteiger partial charge in [-0.2, -0.15) is 0 Å². The summed E-state index contributed by atoms with van der Waals surface area (Å²) >= 11 is 6.47. The van der Waals surface area contributed by atoms with E-state index >= 15 is 0 Å². The summed E-state index contributed by atoms with van der Waals surface area (Å²) in [6.45, 7) is 0. The predicted molar refractivity (Wildman–Crippen MR) is 56.9 cm³/mol. The molecule has 0 aliphatic rings. The third-order valence-electron chi connectivity index (χ3n) is 1.79. The van der Waals surface area contributed by atoms with E-state index in [1.165, 1.54) is 12.5 Å². The molecule has 2 aromatic heterocycles. The number of aliphatic hydroxyl groups excluding tert-OH is 1. The highest BCUT2D eigenvalue weighted by atomic mass is 79.9.